The molecular formula is C94H134O2. The summed E-state index contributed by atoms with van der Waals surface area (Å²) in [5, 5.41) is 2.73. The normalized spacial score (nSPS) is 10.7. The largest absolute Gasteiger partial charge is 0.494 e. The minimum Gasteiger partial charge on any atom is -0.494 e. The zero-order chi connectivity index (χ0) is 72.5. The molecule has 0 N–H and O–H groups in total. The molecule has 9 aromatic carbocycles. The molecule has 9 rings (SSSR count). The SMILES string of the molecule is CC(C)c1cccc(C(C)C)c1.CC(C)c1cccc2ccccc12.CCOc1ccc(C(C)C)c(OCC)c1.CCc1ccccc1C(C)C.Cc1c(C)c(C)c(C(C)C)c(C)c1C.Cc1cccc(C(C)C)c1.Cc1cccc(C(C)C)c1C.Cc1ccccc1C(C)C. The first kappa shape index (κ1) is 84.9. The molecule has 0 fully saturated rings. The molecule has 2 nitrogen and oxygen atoms in total. The van der Waals surface area contributed by atoms with Crippen LogP contribution in [-0.2, 0) is 6.42 Å². The average molecular weight is 1300 g/mol. The highest BCUT2D eigenvalue weighted by Crippen LogP contribution is 2.33. The molecule has 0 aromatic heterocycles. The summed E-state index contributed by atoms with van der Waals surface area (Å²) in [5.41, 5.74) is 27.4. The fourth-order valence-electron chi connectivity index (χ4n) is 12.0. The molecule has 0 aliphatic rings. The van der Waals surface area contributed by atoms with E-state index in [1.807, 2.05) is 26.0 Å². The Kier molecular flexibility index (Phi) is 38.8. The Balaban J connectivity index is 0.000000375. The lowest BCUT2D eigenvalue weighted by Gasteiger charge is -2.21. The van der Waals surface area contributed by atoms with Crippen LogP contribution in [0.15, 0.2) is 176 Å². The van der Waals surface area contributed by atoms with Gasteiger partial charge in [0.1, 0.15) is 11.5 Å². The molecule has 0 atom stereocenters. The smallest absolute Gasteiger partial charge is 0.126 e. The van der Waals surface area contributed by atoms with Gasteiger partial charge in [-0.2, -0.15) is 0 Å². The number of hydrogen-bond donors (Lipinski definition) is 0. The Morgan fingerprint density at radius 1 is 0.281 bits per heavy atom. The Morgan fingerprint density at radius 3 is 1.12 bits per heavy atom. The van der Waals surface area contributed by atoms with Crippen molar-refractivity contribution >= 4 is 10.8 Å². The maximum atomic E-state index is 5.61. The van der Waals surface area contributed by atoms with Crippen LogP contribution in [0, 0.1) is 62.3 Å². The second kappa shape index (κ2) is 43.9. The highest BCUT2D eigenvalue weighted by Gasteiger charge is 2.15. The summed E-state index contributed by atoms with van der Waals surface area (Å²) >= 11 is 0. The molecule has 9 aromatic rings. The lowest BCUT2D eigenvalue weighted by atomic mass is 9.85. The molecule has 0 saturated heterocycles. The molecule has 0 spiro atoms. The first-order valence-corrected chi connectivity index (χ1v) is 36.6. The van der Waals surface area contributed by atoms with Crippen LogP contribution in [0.3, 0.4) is 0 Å². The summed E-state index contributed by atoms with van der Waals surface area (Å²) in [5.74, 6) is 7.43. The number of aryl methyl sites for hydroxylation is 4. The van der Waals surface area contributed by atoms with Gasteiger partial charge >= 0.3 is 0 Å². The molecule has 0 saturated carbocycles. The van der Waals surface area contributed by atoms with Gasteiger partial charge in [0.25, 0.3) is 0 Å². The van der Waals surface area contributed by atoms with Gasteiger partial charge in [-0.3, -0.25) is 0 Å². The third kappa shape index (κ3) is 28.1. The summed E-state index contributed by atoms with van der Waals surface area (Å²) < 4.78 is 11.1. The fraction of sp³-hybridized carbons (Fsp3) is 0.447. The Morgan fingerprint density at radius 2 is 0.688 bits per heavy atom. The van der Waals surface area contributed by atoms with Crippen LogP contribution in [0.25, 0.3) is 10.8 Å². The van der Waals surface area contributed by atoms with Gasteiger partial charge in [0.2, 0.25) is 0 Å². The molecule has 522 valence electrons. The Hall–Kier alpha value is -7.16. The molecule has 0 aliphatic carbocycles. The predicted molar refractivity (Wildman–Crippen MR) is 430 cm³/mol. The van der Waals surface area contributed by atoms with Crippen LogP contribution in [0.4, 0.5) is 0 Å². The monoisotopic (exact) mass is 1300 g/mol. The zero-order valence-corrected chi connectivity index (χ0v) is 66.4. The minimum atomic E-state index is 0.474. The van der Waals surface area contributed by atoms with Gasteiger partial charge in [0.15, 0.2) is 0 Å². The van der Waals surface area contributed by atoms with Gasteiger partial charge in [-0.25, -0.2) is 0 Å². The molecule has 0 radical (unpaired) electrons. The van der Waals surface area contributed by atoms with Crippen molar-refractivity contribution in [1.82, 2.24) is 0 Å². The lowest BCUT2D eigenvalue weighted by Crippen LogP contribution is -2.04. The van der Waals surface area contributed by atoms with Crippen molar-refractivity contribution in [2.24, 2.45) is 0 Å². The molecule has 2 heteroatoms. The van der Waals surface area contributed by atoms with Crippen LogP contribution < -0.4 is 9.47 Å². The predicted octanol–water partition coefficient (Wildman–Crippen LogP) is 28.9. The van der Waals surface area contributed by atoms with Crippen molar-refractivity contribution in [3.63, 3.8) is 0 Å². The van der Waals surface area contributed by atoms with E-state index in [4.69, 9.17) is 9.47 Å². The van der Waals surface area contributed by atoms with Crippen molar-refractivity contribution in [3.05, 3.63) is 282 Å². The second-order valence-electron chi connectivity index (χ2n) is 28.8. The van der Waals surface area contributed by atoms with Crippen LogP contribution in [0.5, 0.6) is 11.5 Å². The van der Waals surface area contributed by atoms with E-state index in [1.165, 1.54) is 111 Å². The van der Waals surface area contributed by atoms with E-state index in [0.29, 0.717) is 66.5 Å². The molecule has 0 aliphatic heterocycles. The van der Waals surface area contributed by atoms with Crippen LogP contribution in [0.2, 0.25) is 0 Å². The molecule has 0 heterocycles. The molecule has 0 bridgehead atoms. The Labute approximate surface area is 590 Å². The van der Waals surface area contributed by atoms with Crippen LogP contribution >= 0.6 is 0 Å². The average Bonchev–Trinajstić information content (AvgIpc) is 0.819. The van der Waals surface area contributed by atoms with Gasteiger partial charge in [-0.1, -0.05) is 301 Å². The summed E-state index contributed by atoms with van der Waals surface area (Å²) in [7, 11) is 0. The van der Waals surface area contributed by atoms with E-state index < -0.39 is 0 Å². The first-order chi connectivity index (χ1) is 45.2. The van der Waals surface area contributed by atoms with Gasteiger partial charge in [0, 0.05) is 6.07 Å². The maximum Gasteiger partial charge on any atom is 0.126 e. The highest BCUT2D eigenvalue weighted by atomic mass is 16.5. The van der Waals surface area contributed by atoms with Crippen molar-refractivity contribution in [1.29, 1.82) is 0 Å². The number of rotatable bonds is 14. The molecule has 0 amide bonds. The van der Waals surface area contributed by atoms with Crippen molar-refractivity contribution < 1.29 is 9.47 Å². The Bertz CT molecular complexity index is 3590. The highest BCUT2D eigenvalue weighted by molar-refractivity contribution is 5.86. The number of ether oxygens (including phenoxy) is 2. The minimum absolute atomic E-state index is 0.474. The third-order valence-electron chi connectivity index (χ3n) is 18.4. The topological polar surface area (TPSA) is 18.5 Å². The van der Waals surface area contributed by atoms with Crippen LogP contribution in [-0.4, -0.2) is 13.2 Å². The summed E-state index contributed by atoms with van der Waals surface area (Å²) in [6.07, 6.45) is 1.15. The zero-order valence-electron chi connectivity index (χ0n) is 66.4. The number of hydrogen-bond acceptors (Lipinski definition) is 2. The van der Waals surface area contributed by atoms with E-state index in [-0.39, 0.29) is 0 Å². The standard InChI is InChI=1S/C14H22.C13H20O2.C13H14.C12H18.2C11H16.2C10H14/c1-8(2)14-12(6)10(4)9(3)11(5)13(14)7;1-5-14-11-7-8-12(10(3)4)13(9-11)15-6-2;1-10(2)12-9-5-7-11-6-3-4-8-13(11)12;1-9(2)11-6-5-7-12(8-11)10(3)4;1-8(2)11-7-5-6-9(3)10(11)4;1-4-10-7-5-6-8-11(10)9(2)3;1-8(2)10-6-4-5-9(3)7-10;1-8(2)10-7-5-4-6-9(10)3/h8H,1-7H3;7-10H,5-6H2,1-4H3;3-10H,1-2H3;5-10H,1-4H3;5-8H,1-4H3;5-9H,4H2,1-3H3;2*4-8H,1-3H3. The maximum absolute atomic E-state index is 5.61. The second-order valence-corrected chi connectivity index (χ2v) is 28.8. The summed E-state index contributed by atoms with van der Waals surface area (Å²) in [6, 6.07) is 62.4. The van der Waals surface area contributed by atoms with Gasteiger partial charge in [-0.05, 0) is 253 Å². The summed E-state index contributed by atoms with van der Waals surface area (Å²) in [6.45, 7) is 67.6. The van der Waals surface area contributed by atoms with E-state index in [9.17, 15) is 0 Å². The molecular weight excluding hydrogens is 1160 g/mol. The number of benzene rings is 9. The van der Waals surface area contributed by atoms with E-state index in [0.717, 1.165) is 17.9 Å². The third-order valence-corrected chi connectivity index (χ3v) is 18.4. The first-order valence-electron chi connectivity index (χ1n) is 36.6. The van der Waals surface area contributed by atoms with Crippen molar-refractivity contribution in [2.75, 3.05) is 13.2 Å². The van der Waals surface area contributed by atoms with Gasteiger partial charge < -0.3 is 9.47 Å². The van der Waals surface area contributed by atoms with Gasteiger partial charge in [-0.15, -0.1) is 0 Å². The van der Waals surface area contributed by atoms with Gasteiger partial charge in [0.05, 0.1) is 13.2 Å². The fourth-order valence-corrected chi connectivity index (χ4v) is 12.0. The molecule has 96 heavy (non-hydrogen) atoms. The quantitative estimate of drug-likeness (QED) is 0.108. The summed E-state index contributed by atoms with van der Waals surface area (Å²) in [4.78, 5) is 0. The number of fused-ring (bicyclic) bond motifs is 1. The van der Waals surface area contributed by atoms with Crippen molar-refractivity contribution in [2.45, 2.75) is 267 Å². The van der Waals surface area contributed by atoms with E-state index in [2.05, 4.69) is 358 Å². The van der Waals surface area contributed by atoms with E-state index >= 15 is 0 Å². The molecule has 0 unspecified atom stereocenters. The van der Waals surface area contributed by atoms with Crippen LogP contribution in [0.1, 0.15) is 304 Å². The lowest BCUT2D eigenvalue weighted by molar-refractivity contribution is 0.320. The van der Waals surface area contributed by atoms with E-state index in [1.54, 1.807) is 5.56 Å². The van der Waals surface area contributed by atoms with Crippen molar-refractivity contribution in [3.8, 4) is 11.5 Å².